The molecule has 7 heteroatoms. The van der Waals surface area contributed by atoms with Gasteiger partial charge in [0.2, 0.25) is 0 Å². The van der Waals surface area contributed by atoms with Gasteiger partial charge in [0.15, 0.2) is 10.6 Å². The quantitative estimate of drug-likeness (QED) is 0.683. The van der Waals surface area contributed by atoms with Gasteiger partial charge in [0.1, 0.15) is 0 Å². The van der Waals surface area contributed by atoms with Crippen molar-refractivity contribution >= 4 is 39.7 Å². The number of H-pyrrole nitrogens is 1. The highest BCUT2D eigenvalue weighted by Crippen LogP contribution is 2.28. The predicted molar refractivity (Wildman–Crippen MR) is 84.7 cm³/mol. The molecule has 2 heterocycles. The summed E-state index contributed by atoms with van der Waals surface area (Å²) in [4.78, 5) is 4.10. The summed E-state index contributed by atoms with van der Waals surface area (Å²) in [6.07, 6.45) is 3.44. The maximum absolute atomic E-state index is 6.30. The Morgan fingerprint density at radius 1 is 1.30 bits per heavy atom. The topological polar surface area (TPSA) is 46.5 Å². The number of aromatic amines is 1. The third-order valence-electron chi connectivity index (χ3n) is 2.74. The standard InChI is InChI=1S/C13H8BrClN4S/c14-9-3-4-11(10(15)6-9)19-12(17-18-13(19)20)8-2-1-5-16-7-8/h1-7H,(H,18,20). The number of rotatable bonds is 2. The first-order valence-corrected chi connectivity index (χ1v) is 7.28. The summed E-state index contributed by atoms with van der Waals surface area (Å²) in [5.41, 5.74) is 1.63. The Bertz CT molecular complexity index is 813. The molecule has 0 spiro atoms. The molecule has 0 aliphatic heterocycles. The van der Waals surface area contributed by atoms with Crippen molar-refractivity contribution in [2.24, 2.45) is 0 Å². The molecule has 0 bridgehead atoms. The highest BCUT2D eigenvalue weighted by molar-refractivity contribution is 9.10. The summed E-state index contributed by atoms with van der Waals surface area (Å²) in [5.74, 6) is 0.673. The molecule has 0 radical (unpaired) electrons. The van der Waals surface area contributed by atoms with E-state index in [0.29, 0.717) is 15.6 Å². The molecule has 4 nitrogen and oxygen atoms in total. The van der Waals surface area contributed by atoms with Crippen LogP contribution in [0.3, 0.4) is 0 Å². The van der Waals surface area contributed by atoms with E-state index < -0.39 is 0 Å². The number of halogens is 2. The van der Waals surface area contributed by atoms with Crippen LogP contribution in [0.25, 0.3) is 17.1 Å². The Hall–Kier alpha value is -1.50. The van der Waals surface area contributed by atoms with Crippen LogP contribution in [0.2, 0.25) is 5.02 Å². The zero-order valence-corrected chi connectivity index (χ0v) is 13.2. The molecule has 2 aromatic heterocycles. The van der Waals surface area contributed by atoms with E-state index in [2.05, 4.69) is 31.1 Å². The second-order valence-electron chi connectivity index (χ2n) is 4.03. The Morgan fingerprint density at radius 2 is 2.15 bits per heavy atom. The molecule has 3 aromatic rings. The van der Waals surface area contributed by atoms with Crippen LogP contribution in [0.5, 0.6) is 0 Å². The lowest BCUT2D eigenvalue weighted by molar-refractivity contribution is 1.03. The Morgan fingerprint density at radius 3 is 2.85 bits per heavy atom. The first-order chi connectivity index (χ1) is 9.66. The maximum Gasteiger partial charge on any atom is 0.200 e. The number of aromatic nitrogens is 4. The first-order valence-electron chi connectivity index (χ1n) is 5.70. The molecular formula is C13H8BrClN4S. The van der Waals surface area contributed by atoms with E-state index in [9.17, 15) is 0 Å². The van der Waals surface area contributed by atoms with E-state index in [1.807, 2.05) is 30.3 Å². The van der Waals surface area contributed by atoms with E-state index in [0.717, 1.165) is 15.7 Å². The molecule has 0 unspecified atom stereocenters. The average Bonchev–Trinajstić information content (AvgIpc) is 2.82. The minimum atomic E-state index is 0.480. The van der Waals surface area contributed by atoms with Crippen molar-refractivity contribution in [2.45, 2.75) is 0 Å². The molecule has 0 saturated carbocycles. The van der Waals surface area contributed by atoms with Gasteiger partial charge in [-0.3, -0.25) is 14.6 Å². The van der Waals surface area contributed by atoms with Gasteiger partial charge in [0.25, 0.3) is 0 Å². The Balaban J connectivity index is 2.25. The van der Waals surface area contributed by atoms with Crippen molar-refractivity contribution in [3.63, 3.8) is 0 Å². The highest BCUT2D eigenvalue weighted by atomic mass is 79.9. The van der Waals surface area contributed by atoms with Crippen molar-refractivity contribution in [2.75, 3.05) is 0 Å². The minimum Gasteiger partial charge on any atom is -0.267 e. The lowest BCUT2D eigenvalue weighted by atomic mass is 10.2. The van der Waals surface area contributed by atoms with Crippen molar-refractivity contribution in [3.8, 4) is 17.1 Å². The SMILES string of the molecule is S=c1[nH]nc(-c2cccnc2)n1-c1ccc(Br)cc1Cl. The first kappa shape index (κ1) is 13.5. The third-order valence-corrected chi connectivity index (χ3v) is 3.81. The van der Waals surface area contributed by atoms with Gasteiger partial charge in [0, 0.05) is 22.4 Å². The molecule has 0 aliphatic carbocycles. The molecule has 20 heavy (non-hydrogen) atoms. The van der Waals surface area contributed by atoms with Crippen LogP contribution in [0, 0.1) is 4.77 Å². The smallest absolute Gasteiger partial charge is 0.200 e. The van der Waals surface area contributed by atoms with Crippen molar-refractivity contribution in [1.29, 1.82) is 0 Å². The van der Waals surface area contributed by atoms with Gasteiger partial charge in [0.05, 0.1) is 10.7 Å². The third kappa shape index (κ3) is 2.42. The number of nitrogens with zero attached hydrogens (tertiary/aromatic N) is 3. The van der Waals surface area contributed by atoms with Crippen LogP contribution in [-0.4, -0.2) is 19.7 Å². The fraction of sp³-hybridized carbons (Fsp3) is 0. The molecule has 100 valence electrons. The fourth-order valence-corrected chi connectivity index (χ4v) is 2.86. The van der Waals surface area contributed by atoms with Gasteiger partial charge >= 0.3 is 0 Å². The van der Waals surface area contributed by atoms with Gasteiger partial charge in [-0.15, -0.1) is 0 Å². The van der Waals surface area contributed by atoms with Crippen LogP contribution in [0.1, 0.15) is 0 Å². The lowest BCUT2D eigenvalue weighted by Gasteiger charge is -2.09. The molecule has 0 atom stereocenters. The number of hydrogen-bond donors (Lipinski definition) is 1. The van der Waals surface area contributed by atoms with Crippen molar-refractivity contribution in [3.05, 3.63) is 57.0 Å². The normalized spacial score (nSPS) is 10.7. The zero-order chi connectivity index (χ0) is 14.1. The van der Waals surface area contributed by atoms with Gasteiger partial charge < -0.3 is 0 Å². The summed E-state index contributed by atoms with van der Waals surface area (Å²) in [6, 6.07) is 9.38. The molecule has 1 aromatic carbocycles. The predicted octanol–water partition coefficient (Wildman–Crippen LogP) is 4.41. The summed E-state index contributed by atoms with van der Waals surface area (Å²) in [7, 11) is 0. The molecule has 0 amide bonds. The van der Waals surface area contributed by atoms with E-state index in [1.165, 1.54) is 0 Å². The highest BCUT2D eigenvalue weighted by Gasteiger charge is 2.13. The summed E-state index contributed by atoms with van der Waals surface area (Å²) < 4.78 is 3.18. The number of nitrogens with one attached hydrogen (secondary N) is 1. The van der Waals surface area contributed by atoms with Crippen molar-refractivity contribution < 1.29 is 0 Å². The summed E-state index contributed by atoms with van der Waals surface area (Å²) in [5, 5.41) is 7.64. The number of benzene rings is 1. The minimum absolute atomic E-state index is 0.480. The molecule has 0 fully saturated rings. The average molecular weight is 368 g/mol. The van der Waals surface area contributed by atoms with Crippen LogP contribution >= 0.6 is 39.7 Å². The maximum atomic E-state index is 6.30. The van der Waals surface area contributed by atoms with E-state index in [-0.39, 0.29) is 0 Å². The number of hydrogen-bond acceptors (Lipinski definition) is 3. The van der Waals surface area contributed by atoms with Gasteiger partial charge in [-0.1, -0.05) is 27.5 Å². The summed E-state index contributed by atoms with van der Waals surface area (Å²) >= 11 is 15.0. The van der Waals surface area contributed by atoms with Crippen LogP contribution in [-0.2, 0) is 0 Å². The van der Waals surface area contributed by atoms with Crippen LogP contribution in [0.15, 0.2) is 47.2 Å². The Kier molecular flexibility index (Phi) is 3.69. The van der Waals surface area contributed by atoms with Gasteiger partial charge in [-0.2, -0.15) is 5.10 Å². The van der Waals surface area contributed by atoms with Crippen molar-refractivity contribution in [1.82, 2.24) is 19.7 Å². The largest absolute Gasteiger partial charge is 0.267 e. The van der Waals surface area contributed by atoms with Gasteiger partial charge in [-0.25, -0.2) is 0 Å². The van der Waals surface area contributed by atoms with E-state index in [4.69, 9.17) is 23.8 Å². The molecule has 0 saturated heterocycles. The second-order valence-corrected chi connectivity index (χ2v) is 5.73. The molecule has 0 aliphatic rings. The second kappa shape index (κ2) is 5.47. The fourth-order valence-electron chi connectivity index (χ4n) is 1.87. The van der Waals surface area contributed by atoms with E-state index >= 15 is 0 Å². The molecule has 1 N–H and O–H groups in total. The lowest BCUT2D eigenvalue weighted by Crippen LogP contribution is -1.99. The van der Waals surface area contributed by atoms with Gasteiger partial charge in [-0.05, 0) is 42.5 Å². The summed E-state index contributed by atoms with van der Waals surface area (Å²) in [6.45, 7) is 0. The zero-order valence-electron chi connectivity index (χ0n) is 10.0. The molecule has 3 rings (SSSR count). The Labute approximate surface area is 133 Å². The van der Waals surface area contributed by atoms with Crippen LogP contribution in [0.4, 0.5) is 0 Å². The monoisotopic (exact) mass is 366 g/mol. The van der Waals surface area contributed by atoms with Crippen LogP contribution < -0.4 is 0 Å². The number of pyridine rings is 1. The van der Waals surface area contributed by atoms with E-state index in [1.54, 1.807) is 17.0 Å². The molecular weight excluding hydrogens is 360 g/mol.